The lowest BCUT2D eigenvalue weighted by molar-refractivity contribution is 0.151. The van der Waals surface area contributed by atoms with Crippen LogP contribution < -0.4 is 5.56 Å². The Labute approximate surface area is 208 Å². The number of halogens is 1. The number of aryl methyl sites for hydroxylation is 2. The topological polar surface area (TPSA) is 81.7 Å². The first-order valence-corrected chi connectivity index (χ1v) is 12.4. The summed E-state index contributed by atoms with van der Waals surface area (Å²) in [5, 5.41) is 5.34. The molecule has 36 heavy (non-hydrogen) atoms. The molecule has 188 valence electrons. The molecule has 0 N–H and O–H groups in total. The van der Waals surface area contributed by atoms with Crippen molar-refractivity contribution in [2.45, 2.75) is 46.0 Å². The van der Waals surface area contributed by atoms with Gasteiger partial charge < -0.3 is 9.64 Å². The summed E-state index contributed by atoms with van der Waals surface area (Å²) in [4.78, 5) is 32.5. The van der Waals surface area contributed by atoms with E-state index in [9.17, 15) is 14.0 Å². The lowest BCUT2D eigenvalue weighted by atomic mass is 9.91. The number of rotatable bonds is 5. The SMILES string of the molecule is CCOC(=O)n1nc(C2CCN(CCc3c(C)nc4c(C)cccn4c3=O)CC2)c2ccc(F)cc21. The van der Waals surface area contributed by atoms with Gasteiger partial charge in [0.2, 0.25) is 0 Å². The number of piperidine rings is 1. The Balaban J connectivity index is 1.30. The van der Waals surface area contributed by atoms with Gasteiger partial charge in [0.1, 0.15) is 11.5 Å². The molecule has 0 amide bonds. The second-order valence-electron chi connectivity index (χ2n) is 9.39. The zero-order valence-corrected chi connectivity index (χ0v) is 20.8. The summed E-state index contributed by atoms with van der Waals surface area (Å²) in [7, 11) is 0. The number of hydrogen-bond donors (Lipinski definition) is 0. The molecule has 4 heterocycles. The van der Waals surface area contributed by atoms with Gasteiger partial charge in [-0.3, -0.25) is 9.20 Å². The predicted molar refractivity (Wildman–Crippen MR) is 135 cm³/mol. The van der Waals surface area contributed by atoms with Crippen molar-refractivity contribution in [1.29, 1.82) is 0 Å². The number of carbonyl (C=O) groups excluding carboxylic acids is 1. The van der Waals surface area contributed by atoms with E-state index in [1.807, 2.05) is 26.0 Å². The highest BCUT2D eigenvalue weighted by Crippen LogP contribution is 2.33. The quantitative estimate of drug-likeness (QED) is 0.416. The van der Waals surface area contributed by atoms with Crippen molar-refractivity contribution >= 4 is 22.6 Å². The largest absolute Gasteiger partial charge is 0.448 e. The van der Waals surface area contributed by atoms with Gasteiger partial charge in [-0.2, -0.15) is 9.78 Å². The average Bonchev–Trinajstić information content (AvgIpc) is 3.24. The van der Waals surface area contributed by atoms with Crippen LogP contribution in [0.15, 0.2) is 41.3 Å². The van der Waals surface area contributed by atoms with Gasteiger partial charge in [-0.05, 0) is 76.9 Å². The number of benzene rings is 1. The Morgan fingerprint density at radius 2 is 1.97 bits per heavy atom. The van der Waals surface area contributed by atoms with Gasteiger partial charge >= 0.3 is 6.09 Å². The van der Waals surface area contributed by atoms with Crippen LogP contribution >= 0.6 is 0 Å². The zero-order chi connectivity index (χ0) is 25.4. The summed E-state index contributed by atoms with van der Waals surface area (Å²) in [5.41, 5.74) is 4.46. The van der Waals surface area contributed by atoms with E-state index in [1.54, 1.807) is 23.6 Å². The highest BCUT2D eigenvalue weighted by atomic mass is 19.1. The number of likely N-dealkylation sites (tertiary alicyclic amines) is 1. The first-order valence-electron chi connectivity index (χ1n) is 12.4. The summed E-state index contributed by atoms with van der Waals surface area (Å²) in [6, 6.07) is 8.26. The molecule has 1 saturated heterocycles. The normalized spacial score (nSPS) is 15.1. The monoisotopic (exact) mass is 491 g/mol. The minimum Gasteiger partial charge on any atom is -0.448 e. The predicted octanol–water partition coefficient (Wildman–Crippen LogP) is 4.23. The van der Waals surface area contributed by atoms with E-state index in [0.717, 1.165) is 60.4 Å². The number of carbonyl (C=O) groups is 1. The molecule has 0 radical (unpaired) electrons. The van der Waals surface area contributed by atoms with Gasteiger partial charge in [-0.1, -0.05) is 6.07 Å². The van der Waals surface area contributed by atoms with Crippen LogP contribution in [-0.2, 0) is 11.2 Å². The van der Waals surface area contributed by atoms with Gasteiger partial charge in [0.05, 0.1) is 17.8 Å². The van der Waals surface area contributed by atoms with Gasteiger partial charge in [-0.15, -0.1) is 0 Å². The maximum Gasteiger partial charge on any atom is 0.435 e. The number of hydrogen-bond acceptors (Lipinski definition) is 6. The minimum absolute atomic E-state index is 0.000655. The van der Waals surface area contributed by atoms with Gasteiger partial charge in [-0.25, -0.2) is 14.2 Å². The smallest absolute Gasteiger partial charge is 0.435 e. The summed E-state index contributed by atoms with van der Waals surface area (Å²) in [5.74, 6) is -0.263. The molecule has 1 fully saturated rings. The van der Waals surface area contributed by atoms with Crippen LogP contribution in [0.3, 0.4) is 0 Å². The summed E-state index contributed by atoms with van der Waals surface area (Å²) >= 11 is 0. The van der Waals surface area contributed by atoms with E-state index in [1.165, 1.54) is 16.8 Å². The Morgan fingerprint density at radius 3 is 2.72 bits per heavy atom. The van der Waals surface area contributed by atoms with E-state index in [4.69, 9.17) is 4.74 Å². The molecule has 8 nitrogen and oxygen atoms in total. The molecular formula is C27H30FN5O3. The average molecular weight is 492 g/mol. The molecule has 0 atom stereocenters. The van der Waals surface area contributed by atoms with E-state index < -0.39 is 11.9 Å². The van der Waals surface area contributed by atoms with Crippen LogP contribution in [0.5, 0.6) is 0 Å². The molecule has 0 bridgehead atoms. The Bertz CT molecular complexity index is 1500. The molecule has 1 aliphatic rings. The van der Waals surface area contributed by atoms with E-state index in [2.05, 4.69) is 15.0 Å². The highest BCUT2D eigenvalue weighted by Gasteiger charge is 2.27. The summed E-state index contributed by atoms with van der Waals surface area (Å²) in [6.07, 6.45) is 3.54. The van der Waals surface area contributed by atoms with Crippen molar-refractivity contribution in [2.24, 2.45) is 0 Å². The molecule has 4 aromatic rings. The van der Waals surface area contributed by atoms with E-state index in [-0.39, 0.29) is 18.1 Å². The van der Waals surface area contributed by atoms with E-state index in [0.29, 0.717) is 17.6 Å². The van der Waals surface area contributed by atoms with Crippen LogP contribution in [0.1, 0.15) is 48.2 Å². The molecule has 5 rings (SSSR count). The molecule has 1 aliphatic heterocycles. The lowest BCUT2D eigenvalue weighted by Crippen LogP contribution is -2.36. The zero-order valence-electron chi connectivity index (χ0n) is 20.8. The fourth-order valence-corrected chi connectivity index (χ4v) is 5.17. The van der Waals surface area contributed by atoms with Crippen molar-refractivity contribution in [3.63, 3.8) is 0 Å². The molecule has 1 aromatic carbocycles. The van der Waals surface area contributed by atoms with Crippen LogP contribution in [0.2, 0.25) is 0 Å². The van der Waals surface area contributed by atoms with Crippen molar-refractivity contribution in [1.82, 2.24) is 24.1 Å². The standard InChI is InChI=1S/C27H30FN5O3/c1-4-36-27(35)33-23-16-20(28)7-8-22(23)24(30-33)19-9-13-31(14-10-19)15-11-21-18(3)29-25-17(2)6-5-12-32(25)26(21)34/h5-8,12,16,19H,4,9-11,13-15H2,1-3H3. The van der Waals surface area contributed by atoms with Crippen molar-refractivity contribution < 1.29 is 13.9 Å². The molecular weight excluding hydrogens is 461 g/mol. The Morgan fingerprint density at radius 1 is 1.19 bits per heavy atom. The molecule has 0 unspecified atom stereocenters. The first kappa shape index (κ1) is 24.1. The third kappa shape index (κ3) is 4.39. The highest BCUT2D eigenvalue weighted by molar-refractivity contribution is 5.90. The fourth-order valence-electron chi connectivity index (χ4n) is 5.17. The van der Waals surface area contributed by atoms with Crippen LogP contribution in [0.25, 0.3) is 16.6 Å². The van der Waals surface area contributed by atoms with Crippen molar-refractivity contribution in [3.05, 3.63) is 75.2 Å². The second-order valence-corrected chi connectivity index (χ2v) is 9.39. The molecule has 9 heteroatoms. The number of aromatic nitrogens is 4. The first-order chi connectivity index (χ1) is 17.4. The van der Waals surface area contributed by atoms with Crippen molar-refractivity contribution in [3.8, 4) is 0 Å². The van der Waals surface area contributed by atoms with Gasteiger partial charge in [0.25, 0.3) is 5.56 Å². The minimum atomic E-state index is -0.599. The maximum absolute atomic E-state index is 13.9. The van der Waals surface area contributed by atoms with Crippen LogP contribution in [0.4, 0.5) is 9.18 Å². The summed E-state index contributed by atoms with van der Waals surface area (Å²) < 4.78 is 21.9. The van der Waals surface area contributed by atoms with E-state index >= 15 is 0 Å². The van der Waals surface area contributed by atoms with Crippen molar-refractivity contribution in [2.75, 3.05) is 26.2 Å². The third-order valence-corrected chi connectivity index (χ3v) is 7.11. The second kappa shape index (κ2) is 9.81. The number of ether oxygens (including phenoxy) is 1. The number of nitrogens with zero attached hydrogens (tertiary/aromatic N) is 5. The number of pyridine rings is 1. The molecule has 0 saturated carbocycles. The molecule has 0 aliphatic carbocycles. The Hall–Kier alpha value is -3.59. The fraction of sp³-hybridized carbons (Fsp3) is 0.407. The summed E-state index contributed by atoms with van der Waals surface area (Å²) in [6.45, 7) is 8.28. The third-order valence-electron chi connectivity index (χ3n) is 7.11. The van der Waals surface area contributed by atoms with Gasteiger partial charge in [0.15, 0.2) is 0 Å². The maximum atomic E-state index is 13.9. The van der Waals surface area contributed by atoms with Crippen LogP contribution in [-0.4, -0.2) is 56.4 Å². The molecule has 0 spiro atoms. The molecule has 3 aromatic heterocycles. The van der Waals surface area contributed by atoms with Crippen LogP contribution in [0, 0.1) is 19.7 Å². The Kier molecular flexibility index (Phi) is 6.57. The number of fused-ring (bicyclic) bond motifs is 2. The van der Waals surface area contributed by atoms with Gasteiger partial charge in [0, 0.05) is 41.4 Å². The lowest BCUT2D eigenvalue weighted by Gasteiger charge is -2.31.